The van der Waals surface area contributed by atoms with Gasteiger partial charge in [-0.2, -0.15) is 18.2 Å². The van der Waals surface area contributed by atoms with Crippen LogP contribution in [0.2, 0.25) is 5.02 Å². The third-order valence-corrected chi connectivity index (χ3v) is 4.20. The van der Waals surface area contributed by atoms with E-state index < -0.39 is 17.8 Å². The summed E-state index contributed by atoms with van der Waals surface area (Å²) in [6, 6.07) is 13.1. The molecule has 0 radical (unpaired) electrons. The fourth-order valence-electron chi connectivity index (χ4n) is 2.41. The molecule has 1 unspecified atom stereocenters. The number of nitrogens with zero attached hydrogens (tertiary/aromatic N) is 2. The molecule has 5 nitrogen and oxygen atoms in total. The van der Waals surface area contributed by atoms with Crippen molar-refractivity contribution >= 4 is 29.1 Å². The molecule has 0 aliphatic carbocycles. The summed E-state index contributed by atoms with van der Waals surface area (Å²) in [5.41, 5.74) is 0.248. The minimum absolute atomic E-state index is 0.0634. The molecule has 1 aromatic heterocycles. The lowest BCUT2D eigenvalue weighted by Gasteiger charge is -2.14. The van der Waals surface area contributed by atoms with E-state index in [0.29, 0.717) is 28.0 Å². The Morgan fingerprint density at radius 1 is 1.04 bits per heavy atom. The van der Waals surface area contributed by atoms with Gasteiger partial charge in [0.25, 0.3) is 0 Å². The van der Waals surface area contributed by atoms with E-state index in [-0.39, 0.29) is 6.54 Å². The monoisotopic (exact) mass is 408 g/mol. The Balaban J connectivity index is 1.62. The Morgan fingerprint density at radius 3 is 2.43 bits per heavy atom. The SMILES string of the molecule is OC(CNc1ccnc(Nc2ccccc2Cl)n1)c1ccc(C(F)(F)F)cc1. The Morgan fingerprint density at radius 2 is 1.75 bits per heavy atom. The van der Waals surface area contributed by atoms with Gasteiger partial charge in [0.2, 0.25) is 5.95 Å². The molecular weight excluding hydrogens is 393 g/mol. The summed E-state index contributed by atoms with van der Waals surface area (Å²) in [5.74, 6) is 0.748. The zero-order valence-electron chi connectivity index (χ0n) is 14.4. The second-order valence-corrected chi connectivity index (χ2v) is 6.29. The van der Waals surface area contributed by atoms with Crippen LogP contribution in [0.25, 0.3) is 0 Å². The smallest absolute Gasteiger partial charge is 0.387 e. The van der Waals surface area contributed by atoms with Crippen LogP contribution in [-0.2, 0) is 6.18 Å². The Kier molecular flexibility index (Phi) is 6.01. The largest absolute Gasteiger partial charge is 0.416 e. The van der Waals surface area contributed by atoms with Gasteiger partial charge in [-0.05, 0) is 35.9 Å². The van der Waals surface area contributed by atoms with Crippen LogP contribution in [0.5, 0.6) is 0 Å². The van der Waals surface area contributed by atoms with Crippen LogP contribution < -0.4 is 10.6 Å². The third-order valence-electron chi connectivity index (χ3n) is 3.88. The first kappa shape index (κ1) is 19.9. The first-order chi connectivity index (χ1) is 13.3. The molecule has 0 aliphatic heterocycles. The van der Waals surface area contributed by atoms with E-state index in [4.69, 9.17) is 11.6 Å². The standard InChI is InChI=1S/C19H16ClF3N4O/c20-14-3-1-2-4-15(14)26-18-24-10-9-17(27-18)25-11-16(28)12-5-7-13(8-6-12)19(21,22)23/h1-10,16,28H,11H2,(H2,24,25,26,27). The highest BCUT2D eigenvalue weighted by molar-refractivity contribution is 6.33. The van der Waals surface area contributed by atoms with Gasteiger partial charge in [0, 0.05) is 12.7 Å². The van der Waals surface area contributed by atoms with Gasteiger partial charge in [0.1, 0.15) is 5.82 Å². The van der Waals surface area contributed by atoms with Crippen molar-refractivity contribution in [1.29, 1.82) is 0 Å². The van der Waals surface area contributed by atoms with Crippen molar-refractivity contribution in [1.82, 2.24) is 9.97 Å². The zero-order chi connectivity index (χ0) is 20.1. The molecule has 0 spiro atoms. The van der Waals surface area contributed by atoms with Crippen molar-refractivity contribution < 1.29 is 18.3 Å². The molecule has 28 heavy (non-hydrogen) atoms. The van der Waals surface area contributed by atoms with Gasteiger partial charge in [-0.3, -0.25) is 0 Å². The summed E-state index contributed by atoms with van der Waals surface area (Å²) >= 11 is 6.09. The molecule has 3 rings (SSSR count). The van der Waals surface area contributed by atoms with Gasteiger partial charge in [-0.25, -0.2) is 4.98 Å². The van der Waals surface area contributed by atoms with Crippen LogP contribution in [0.3, 0.4) is 0 Å². The first-order valence-electron chi connectivity index (χ1n) is 8.26. The molecule has 1 atom stereocenters. The van der Waals surface area contributed by atoms with Gasteiger partial charge in [-0.15, -0.1) is 0 Å². The van der Waals surface area contributed by atoms with Crippen molar-refractivity contribution in [3.05, 3.63) is 76.9 Å². The van der Waals surface area contributed by atoms with Crippen molar-refractivity contribution in [2.45, 2.75) is 12.3 Å². The van der Waals surface area contributed by atoms with E-state index in [1.54, 1.807) is 24.3 Å². The maximum Gasteiger partial charge on any atom is 0.416 e. The molecule has 1 heterocycles. The molecule has 9 heteroatoms. The minimum Gasteiger partial charge on any atom is -0.387 e. The lowest BCUT2D eigenvalue weighted by Crippen LogP contribution is -2.14. The maximum absolute atomic E-state index is 12.6. The molecule has 0 bridgehead atoms. The molecule has 3 N–H and O–H groups in total. The summed E-state index contributed by atoms with van der Waals surface area (Å²) in [5, 5.41) is 16.6. The van der Waals surface area contributed by atoms with E-state index in [2.05, 4.69) is 20.6 Å². The van der Waals surface area contributed by atoms with Crippen LogP contribution >= 0.6 is 11.6 Å². The van der Waals surface area contributed by atoms with E-state index in [1.807, 2.05) is 6.07 Å². The van der Waals surface area contributed by atoms with Crippen molar-refractivity contribution in [3.63, 3.8) is 0 Å². The average molecular weight is 409 g/mol. The molecule has 0 saturated heterocycles. The lowest BCUT2D eigenvalue weighted by atomic mass is 10.1. The van der Waals surface area contributed by atoms with E-state index in [9.17, 15) is 18.3 Å². The quantitative estimate of drug-likeness (QED) is 0.533. The van der Waals surface area contributed by atoms with E-state index in [1.165, 1.54) is 18.3 Å². The molecular formula is C19H16ClF3N4O. The summed E-state index contributed by atoms with van der Waals surface area (Å²) in [7, 11) is 0. The minimum atomic E-state index is -4.41. The number of rotatable bonds is 6. The summed E-state index contributed by atoms with van der Waals surface area (Å²) in [6.07, 6.45) is -3.88. The highest BCUT2D eigenvalue weighted by Crippen LogP contribution is 2.30. The lowest BCUT2D eigenvalue weighted by molar-refractivity contribution is -0.137. The Bertz CT molecular complexity index is 935. The van der Waals surface area contributed by atoms with Crippen LogP contribution in [0, 0.1) is 0 Å². The van der Waals surface area contributed by atoms with E-state index >= 15 is 0 Å². The number of alkyl halides is 3. The number of aromatic nitrogens is 2. The normalized spacial score (nSPS) is 12.5. The first-order valence-corrected chi connectivity index (χ1v) is 8.64. The number of aliphatic hydroxyl groups excluding tert-OH is 1. The fraction of sp³-hybridized carbons (Fsp3) is 0.158. The second-order valence-electron chi connectivity index (χ2n) is 5.89. The molecule has 2 aromatic carbocycles. The molecule has 0 amide bonds. The van der Waals surface area contributed by atoms with Crippen molar-refractivity contribution in [2.75, 3.05) is 17.2 Å². The van der Waals surface area contributed by atoms with Crippen LogP contribution in [0.15, 0.2) is 60.8 Å². The fourth-order valence-corrected chi connectivity index (χ4v) is 2.60. The van der Waals surface area contributed by atoms with Crippen molar-refractivity contribution in [2.24, 2.45) is 0 Å². The predicted octanol–water partition coefficient (Wildman–Crippen LogP) is 5.04. The number of para-hydroxylation sites is 1. The third kappa shape index (κ3) is 5.11. The number of benzene rings is 2. The molecule has 0 aliphatic rings. The van der Waals surface area contributed by atoms with Crippen LogP contribution in [0.1, 0.15) is 17.2 Å². The van der Waals surface area contributed by atoms with Gasteiger partial charge >= 0.3 is 6.18 Å². The number of hydrogen-bond acceptors (Lipinski definition) is 5. The molecule has 146 valence electrons. The molecule has 3 aromatic rings. The Hall–Kier alpha value is -2.84. The number of halogens is 4. The second kappa shape index (κ2) is 8.45. The van der Waals surface area contributed by atoms with Gasteiger partial charge in [0.05, 0.1) is 22.4 Å². The average Bonchev–Trinajstić information content (AvgIpc) is 2.68. The maximum atomic E-state index is 12.6. The Labute approximate surface area is 164 Å². The molecule has 0 fully saturated rings. The highest BCUT2D eigenvalue weighted by Gasteiger charge is 2.30. The number of aliphatic hydroxyl groups is 1. The molecule has 0 saturated carbocycles. The van der Waals surface area contributed by atoms with Crippen LogP contribution in [-0.4, -0.2) is 21.6 Å². The predicted molar refractivity (Wildman–Crippen MR) is 102 cm³/mol. The van der Waals surface area contributed by atoms with Gasteiger partial charge in [-0.1, -0.05) is 35.9 Å². The summed E-state index contributed by atoms with van der Waals surface area (Å²) in [6.45, 7) is 0.0634. The topological polar surface area (TPSA) is 70.1 Å². The number of nitrogens with one attached hydrogen (secondary N) is 2. The number of anilines is 3. The summed E-state index contributed by atoms with van der Waals surface area (Å²) in [4.78, 5) is 8.37. The van der Waals surface area contributed by atoms with Crippen LogP contribution in [0.4, 0.5) is 30.6 Å². The summed E-state index contributed by atoms with van der Waals surface area (Å²) < 4.78 is 37.8. The van der Waals surface area contributed by atoms with Crippen molar-refractivity contribution in [3.8, 4) is 0 Å². The van der Waals surface area contributed by atoms with Gasteiger partial charge < -0.3 is 15.7 Å². The zero-order valence-corrected chi connectivity index (χ0v) is 15.2. The number of hydrogen-bond donors (Lipinski definition) is 3. The van der Waals surface area contributed by atoms with Gasteiger partial charge in [0.15, 0.2) is 0 Å². The van der Waals surface area contributed by atoms with E-state index in [0.717, 1.165) is 12.1 Å². The highest BCUT2D eigenvalue weighted by atomic mass is 35.5.